The Balaban J connectivity index is 1.43. The van der Waals surface area contributed by atoms with Crippen LogP contribution in [0.2, 0.25) is 0 Å². The molecule has 3 fully saturated rings. The second-order valence-electron chi connectivity index (χ2n) is 9.98. The molecule has 1 saturated carbocycles. The highest BCUT2D eigenvalue weighted by molar-refractivity contribution is 5.89. The van der Waals surface area contributed by atoms with E-state index in [0.29, 0.717) is 23.4 Å². The lowest BCUT2D eigenvalue weighted by Crippen LogP contribution is -2.38. The van der Waals surface area contributed by atoms with Gasteiger partial charge in [0.2, 0.25) is 0 Å². The zero-order valence-electron chi connectivity index (χ0n) is 18.3. The molecule has 2 atom stereocenters. The van der Waals surface area contributed by atoms with Gasteiger partial charge in [0.05, 0.1) is 6.10 Å². The van der Waals surface area contributed by atoms with Gasteiger partial charge in [-0.15, -0.1) is 0 Å². The van der Waals surface area contributed by atoms with Crippen LogP contribution in [0, 0.1) is 5.92 Å². The van der Waals surface area contributed by atoms with Gasteiger partial charge in [0.15, 0.2) is 0 Å². The minimum atomic E-state index is -4.44. The van der Waals surface area contributed by atoms with Crippen molar-refractivity contribution in [3.8, 4) is 5.75 Å². The zero-order chi connectivity index (χ0) is 21.6. The minimum Gasteiger partial charge on any atom is -0.490 e. The summed E-state index contributed by atoms with van der Waals surface area (Å²) in [5.74, 6) is 0.619. The first-order valence-corrected chi connectivity index (χ1v) is 11.9. The molecule has 0 amide bonds. The molecule has 168 valence electrons. The monoisotopic (exact) mass is 431 g/mol. The summed E-state index contributed by atoms with van der Waals surface area (Å²) in [6, 6.07) is 10.1. The van der Waals surface area contributed by atoms with Crippen molar-refractivity contribution in [2.24, 2.45) is 5.92 Å². The Hall–Kier alpha value is -1.75. The largest absolute Gasteiger partial charge is 0.490 e. The third-order valence-corrected chi connectivity index (χ3v) is 7.80. The maximum atomic E-state index is 14.1. The first-order valence-electron chi connectivity index (χ1n) is 11.9. The maximum Gasteiger partial charge on any atom is 0.420 e. The van der Waals surface area contributed by atoms with Gasteiger partial charge in [0.25, 0.3) is 0 Å². The molecule has 2 bridgehead atoms. The lowest BCUT2D eigenvalue weighted by Gasteiger charge is -2.34. The first kappa shape index (κ1) is 21.1. The molecule has 2 nitrogen and oxygen atoms in total. The fourth-order valence-electron chi connectivity index (χ4n) is 6.07. The first-order chi connectivity index (χ1) is 14.9. The van der Waals surface area contributed by atoms with Crippen molar-refractivity contribution in [3.05, 3.63) is 41.5 Å². The molecule has 31 heavy (non-hydrogen) atoms. The van der Waals surface area contributed by atoms with E-state index in [4.69, 9.17) is 4.74 Å². The average molecular weight is 432 g/mol. The topological polar surface area (TPSA) is 12.5 Å². The van der Waals surface area contributed by atoms with Crippen molar-refractivity contribution in [2.75, 3.05) is 0 Å². The highest BCUT2D eigenvalue weighted by Crippen LogP contribution is 2.43. The van der Waals surface area contributed by atoms with Gasteiger partial charge in [-0.3, -0.25) is 4.90 Å². The smallest absolute Gasteiger partial charge is 0.420 e. The van der Waals surface area contributed by atoms with E-state index < -0.39 is 11.7 Å². The summed E-state index contributed by atoms with van der Waals surface area (Å²) in [6.07, 6.45) is 5.46. The fraction of sp³-hybridized carbons (Fsp3) is 0.615. The highest BCUT2D eigenvalue weighted by atomic mass is 19.4. The normalized spacial score (nSPS) is 29.4. The molecule has 5 rings (SSSR count). The number of fused-ring (bicyclic) bond motifs is 3. The summed E-state index contributed by atoms with van der Waals surface area (Å²) in [7, 11) is 0. The van der Waals surface area contributed by atoms with Gasteiger partial charge in [-0.05, 0) is 85.8 Å². The molecule has 1 aliphatic carbocycles. The number of halogens is 3. The molecule has 2 heterocycles. The van der Waals surface area contributed by atoms with Gasteiger partial charge in [-0.1, -0.05) is 31.5 Å². The molecule has 2 aromatic rings. The van der Waals surface area contributed by atoms with E-state index in [1.807, 2.05) is 12.1 Å². The molecule has 2 unspecified atom stereocenters. The van der Waals surface area contributed by atoms with Gasteiger partial charge in [0.1, 0.15) is 11.3 Å². The van der Waals surface area contributed by atoms with E-state index in [1.54, 1.807) is 12.1 Å². The Morgan fingerprint density at radius 3 is 2.29 bits per heavy atom. The average Bonchev–Trinajstić information content (AvgIpc) is 2.95. The third kappa shape index (κ3) is 4.30. The number of ether oxygens (including phenoxy) is 1. The van der Waals surface area contributed by atoms with Crippen LogP contribution in [0.1, 0.15) is 75.8 Å². The van der Waals surface area contributed by atoms with Crippen molar-refractivity contribution in [3.63, 3.8) is 0 Å². The Labute approximate surface area is 182 Å². The van der Waals surface area contributed by atoms with Crippen LogP contribution < -0.4 is 4.74 Å². The summed E-state index contributed by atoms with van der Waals surface area (Å²) in [5.41, 5.74) is 0.488. The zero-order valence-corrected chi connectivity index (χ0v) is 18.3. The van der Waals surface area contributed by atoms with Crippen LogP contribution in [0.15, 0.2) is 30.3 Å². The highest BCUT2D eigenvalue weighted by Gasteiger charge is 2.38. The molecule has 2 aliphatic heterocycles. The van der Waals surface area contributed by atoms with Gasteiger partial charge in [0, 0.05) is 18.6 Å². The van der Waals surface area contributed by atoms with Gasteiger partial charge < -0.3 is 4.74 Å². The van der Waals surface area contributed by atoms with E-state index in [1.165, 1.54) is 38.2 Å². The summed E-state index contributed by atoms with van der Waals surface area (Å²) in [6.45, 7) is 3.03. The van der Waals surface area contributed by atoms with Crippen molar-refractivity contribution >= 4 is 10.8 Å². The predicted octanol–water partition coefficient (Wildman–Crippen LogP) is 7.33. The summed E-state index contributed by atoms with van der Waals surface area (Å²) in [4.78, 5) is 2.58. The minimum absolute atomic E-state index is 0.0126. The van der Waals surface area contributed by atoms with E-state index in [9.17, 15) is 13.2 Å². The Morgan fingerprint density at radius 1 is 0.903 bits per heavy atom. The Morgan fingerprint density at radius 2 is 1.61 bits per heavy atom. The predicted molar refractivity (Wildman–Crippen MR) is 117 cm³/mol. The number of hydrogen-bond acceptors (Lipinski definition) is 2. The van der Waals surface area contributed by atoms with Crippen LogP contribution in [-0.2, 0) is 12.7 Å². The van der Waals surface area contributed by atoms with Crippen LogP contribution in [0.5, 0.6) is 5.75 Å². The summed E-state index contributed by atoms with van der Waals surface area (Å²) in [5, 5.41) is 0.901. The molecule has 0 N–H and O–H groups in total. The second kappa shape index (κ2) is 8.31. The molecular formula is C26H32F3NO. The SMILES string of the molecule is CC1CCC(Oc2ccc3cc(CN4C5CCCC4CC5)ccc3c2C(F)(F)F)CC1. The molecule has 2 saturated heterocycles. The summed E-state index contributed by atoms with van der Waals surface area (Å²) < 4.78 is 48.2. The fourth-order valence-corrected chi connectivity index (χ4v) is 6.07. The van der Waals surface area contributed by atoms with Gasteiger partial charge in [-0.2, -0.15) is 13.2 Å². The number of rotatable bonds is 4. The number of benzene rings is 2. The van der Waals surface area contributed by atoms with Crippen molar-refractivity contribution in [1.29, 1.82) is 0 Å². The number of nitrogens with zero attached hydrogens (tertiary/aromatic N) is 1. The molecule has 2 aromatic carbocycles. The van der Waals surface area contributed by atoms with E-state index >= 15 is 0 Å². The van der Waals surface area contributed by atoms with Crippen molar-refractivity contribution < 1.29 is 17.9 Å². The molecule has 0 aromatic heterocycles. The van der Waals surface area contributed by atoms with E-state index in [0.717, 1.165) is 37.8 Å². The summed E-state index contributed by atoms with van der Waals surface area (Å²) >= 11 is 0. The number of alkyl halides is 3. The van der Waals surface area contributed by atoms with Gasteiger partial charge >= 0.3 is 6.18 Å². The molecule has 3 aliphatic rings. The van der Waals surface area contributed by atoms with Crippen molar-refractivity contribution in [1.82, 2.24) is 4.90 Å². The maximum absolute atomic E-state index is 14.1. The van der Waals surface area contributed by atoms with Crippen LogP contribution >= 0.6 is 0 Å². The van der Waals surface area contributed by atoms with E-state index in [-0.39, 0.29) is 17.2 Å². The lowest BCUT2D eigenvalue weighted by atomic mass is 9.89. The second-order valence-corrected chi connectivity index (χ2v) is 9.98. The van der Waals surface area contributed by atoms with Crippen LogP contribution in [0.3, 0.4) is 0 Å². The number of piperidine rings is 1. The van der Waals surface area contributed by atoms with Crippen molar-refractivity contribution in [2.45, 2.75) is 95.6 Å². The van der Waals surface area contributed by atoms with Crippen LogP contribution in [0.4, 0.5) is 13.2 Å². The number of hydrogen-bond donors (Lipinski definition) is 0. The Kier molecular flexibility index (Phi) is 5.66. The van der Waals surface area contributed by atoms with Crippen LogP contribution in [-0.4, -0.2) is 23.1 Å². The standard InChI is InChI=1S/C26H32F3NO/c1-17-5-11-22(12-6-17)31-24-14-8-19-15-18(7-13-23(19)25(24)26(27,28)29)16-30-20-3-2-4-21(30)10-9-20/h7-8,13-15,17,20-22H,2-6,9-12,16H2,1H3. The third-order valence-electron chi connectivity index (χ3n) is 7.80. The Bertz CT molecular complexity index is 916. The lowest BCUT2D eigenvalue weighted by molar-refractivity contribution is -0.138. The molecule has 5 heteroatoms. The van der Waals surface area contributed by atoms with Crippen LogP contribution in [0.25, 0.3) is 10.8 Å². The molecule has 0 spiro atoms. The van der Waals surface area contributed by atoms with E-state index in [2.05, 4.69) is 11.8 Å². The molecular weight excluding hydrogens is 399 g/mol. The molecule has 0 radical (unpaired) electrons. The van der Waals surface area contributed by atoms with Gasteiger partial charge in [-0.25, -0.2) is 0 Å². The quantitative estimate of drug-likeness (QED) is 0.502.